The zero-order valence-corrected chi connectivity index (χ0v) is 22.3. The summed E-state index contributed by atoms with van der Waals surface area (Å²) >= 11 is 4.30. The lowest BCUT2D eigenvalue weighted by Gasteiger charge is -2.24. The Morgan fingerprint density at radius 1 is 1.42 bits per heavy atom. The Morgan fingerprint density at radius 2 is 2.06 bits per heavy atom. The van der Waals surface area contributed by atoms with Crippen LogP contribution in [-0.2, 0) is 4.74 Å². The van der Waals surface area contributed by atoms with Crippen molar-refractivity contribution in [3.05, 3.63) is 32.0 Å². The number of hydrogen-bond donors (Lipinski definition) is 1. The summed E-state index contributed by atoms with van der Waals surface area (Å²) in [6.45, 7) is 11.9. The van der Waals surface area contributed by atoms with Crippen LogP contribution >= 0.6 is 27.7 Å². The quantitative estimate of drug-likeness (QED) is 0.265. The summed E-state index contributed by atoms with van der Waals surface area (Å²) < 4.78 is 20.6. The number of ether oxygens (including phenoxy) is 1. The highest BCUT2D eigenvalue weighted by Gasteiger charge is 2.33. The molecule has 182 valence electrons. The highest BCUT2D eigenvalue weighted by Crippen LogP contribution is 2.42. The molecule has 1 aliphatic rings. The van der Waals surface area contributed by atoms with Crippen molar-refractivity contribution < 1.29 is 18.8 Å². The first-order valence-corrected chi connectivity index (χ1v) is 12.7. The van der Waals surface area contributed by atoms with Crippen LogP contribution in [0.4, 0.5) is 20.6 Å². The lowest BCUT2D eigenvalue weighted by molar-refractivity contribution is -0.387. The maximum atomic E-state index is 14.9. The number of nitrogens with zero attached hydrogens (tertiary/aromatic N) is 3. The largest absolute Gasteiger partial charge is 0.444 e. The van der Waals surface area contributed by atoms with Gasteiger partial charge in [0.05, 0.1) is 9.40 Å². The summed E-state index contributed by atoms with van der Waals surface area (Å²) in [5.74, 6) is -0.565. The average molecular weight is 545 g/mol. The molecule has 11 heteroatoms. The topological polar surface area (TPSA) is 97.6 Å². The molecule has 3 rings (SSSR count). The summed E-state index contributed by atoms with van der Waals surface area (Å²) in [5, 5.41) is 15.6. The van der Waals surface area contributed by atoms with E-state index in [0.29, 0.717) is 30.5 Å². The molecule has 1 aromatic carbocycles. The van der Waals surface area contributed by atoms with Gasteiger partial charge in [0.1, 0.15) is 16.8 Å². The van der Waals surface area contributed by atoms with E-state index in [1.807, 2.05) is 13.8 Å². The van der Waals surface area contributed by atoms with Gasteiger partial charge in [-0.15, -0.1) is 11.8 Å². The number of nitro groups is 1. The number of carbonyl (C=O) groups is 1. The number of aromatic nitrogens is 1. The summed E-state index contributed by atoms with van der Waals surface area (Å²) in [6.07, 6.45) is 1.81. The van der Waals surface area contributed by atoms with Crippen molar-refractivity contribution in [2.24, 2.45) is 0 Å². The second kappa shape index (κ2) is 10.9. The molecule has 1 saturated heterocycles. The van der Waals surface area contributed by atoms with E-state index in [1.165, 1.54) is 0 Å². The molecule has 1 aliphatic heterocycles. The van der Waals surface area contributed by atoms with E-state index in [-0.39, 0.29) is 32.4 Å². The first kappa shape index (κ1) is 27.1. The molecule has 33 heavy (non-hydrogen) atoms. The maximum Gasteiger partial charge on any atom is 0.410 e. The molecule has 1 fully saturated rings. The van der Waals surface area contributed by atoms with Crippen LogP contribution < -0.4 is 5.32 Å². The van der Waals surface area contributed by atoms with Crippen molar-refractivity contribution in [2.45, 2.75) is 64.6 Å². The number of rotatable bonds is 4. The number of fused-ring (bicyclic) bond motifs is 1. The van der Waals surface area contributed by atoms with Gasteiger partial charge in [-0.2, -0.15) is 0 Å². The van der Waals surface area contributed by atoms with Crippen molar-refractivity contribution >= 4 is 56.1 Å². The molecule has 0 aliphatic carbocycles. The third kappa shape index (κ3) is 6.06. The fourth-order valence-electron chi connectivity index (χ4n) is 3.46. The SMILES string of the molecule is CC.CSc1nc2c(F)c(Br)c(C)cc2c(NC2CCN(C(=O)OC(C)(C)C)C2)c1[N+](=O)[O-]. The highest BCUT2D eigenvalue weighted by atomic mass is 79.9. The molecule has 0 saturated carbocycles. The Balaban J connectivity index is 0.00000187. The third-order valence-corrected chi connectivity index (χ3v) is 6.49. The van der Waals surface area contributed by atoms with Crippen LogP contribution in [-0.4, -0.2) is 51.9 Å². The number of halogens is 2. The molecule has 1 aromatic heterocycles. The Kier molecular flexibility index (Phi) is 8.92. The Hall–Kier alpha value is -2.14. The zero-order chi connectivity index (χ0) is 25.1. The van der Waals surface area contributed by atoms with Crippen LogP contribution in [0.15, 0.2) is 15.6 Å². The van der Waals surface area contributed by atoms with Crippen molar-refractivity contribution in [3.63, 3.8) is 0 Å². The molecule has 1 amide bonds. The number of pyridine rings is 1. The maximum absolute atomic E-state index is 14.9. The van der Waals surface area contributed by atoms with Crippen molar-refractivity contribution in [1.29, 1.82) is 0 Å². The predicted octanol–water partition coefficient (Wildman–Crippen LogP) is 6.52. The Morgan fingerprint density at radius 3 is 2.61 bits per heavy atom. The fourth-order valence-corrected chi connectivity index (χ4v) is 4.32. The number of aryl methyl sites for hydroxylation is 1. The van der Waals surface area contributed by atoms with Crippen LogP contribution in [0.25, 0.3) is 10.9 Å². The van der Waals surface area contributed by atoms with Crippen molar-refractivity contribution in [2.75, 3.05) is 24.7 Å². The molecule has 0 radical (unpaired) electrons. The van der Waals surface area contributed by atoms with Gasteiger partial charge in [0.25, 0.3) is 0 Å². The monoisotopic (exact) mass is 544 g/mol. The standard InChI is InChI=1S/C20H24BrFN4O4S.C2H6/c1-10-8-12-15(14(22)13(10)21)24-18(31-5)17(26(28)29)16(12)23-11-6-7-25(9-11)19(27)30-20(2,3)4;1-2/h8,11H,6-7,9H2,1-5H3,(H,23,24);1-2H3. The minimum atomic E-state index is -0.613. The van der Waals surface area contributed by atoms with Crippen LogP contribution in [0.3, 0.4) is 0 Å². The van der Waals surface area contributed by atoms with Gasteiger partial charge >= 0.3 is 11.8 Å². The number of nitrogens with one attached hydrogen (secondary N) is 1. The predicted molar refractivity (Wildman–Crippen MR) is 134 cm³/mol. The third-order valence-electron chi connectivity index (χ3n) is 4.85. The summed E-state index contributed by atoms with van der Waals surface area (Å²) in [6, 6.07) is 1.42. The molecular weight excluding hydrogens is 515 g/mol. The van der Waals surface area contributed by atoms with Crippen molar-refractivity contribution in [3.8, 4) is 0 Å². The second-order valence-electron chi connectivity index (χ2n) is 8.38. The van der Waals surface area contributed by atoms with E-state index in [1.54, 1.807) is 44.9 Å². The Bertz CT molecular complexity index is 1060. The molecule has 2 aromatic rings. The van der Waals surface area contributed by atoms with E-state index in [2.05, 4.69) is 26.2 Å². The normalized spacial score (nSPS) is 15.8. The number of likely N-dealkylation sites (tertiary alicyclic amines) is 1. The lowest BCUT2D eigenvalue weighted by atomic mass is 10.1. The van der Waals surface area contributed by atoms with E-state index in [9.17, 15) is 19.3 Å². The van der Waals surface area contributed by atoms with Crippen LogP contribution in [0, 0.1) is 22.9 Å². The average Bonchev–Trinajstić information content (AvgIpc) is 3.21. The van der Waals surface area contributed by atoms with Crippen molar-refractivity contribution in [1.82, 2.24) is 9.88 Å². The number of carbonyl (C=O) groups excluding carboxylic acids is 1. The van der Waals surface area contributed by atoms with E-state index >= 15 is 0 Å². The van der Waals surface area contributed by atoms with Crippen LogP contribution in [0.2, 0.25) is 0 Å². The first-order chi connectivity index (χ1) is 15.4. The molecule has 0 spiro atoms. The van der Waals surface area contributed by atoms with E-state index < -0.39 is 22.4 Å². The van der Waals surface area contributed by atoms with Gasteiger partial charge in [-0.25, -0.2) is 14.2 Å². The minimum absolute atomic E-state index is 0.0527. The summed E-state index contributed by atoms with van der Waals surface area (Å²) in [4.78, 5) is 29.6. The molecule has 1 N–H and O–H groups in total. The lowest BCUT2D eigenvalue weighted by Crippen LogP contribution is -2.36. The molecule has 0 bridgehead atoms. The number of hydrogen-bond acceptors (Lipinski definition) is 7. The van der Waals surface area contributed by atoms with Gasteiger partial charge in [0.15, 0.2) is 10.8 Å². The smallest absolute Gasteiger partial charge is 0.410 e. The number of thioether (sulfide) groups is 1. The summed E-state index contributed by atoms with van der Waals surface area (Å²) in [5.41, 5.74) is 0.0553. The second-order valence-corrected chi connectivity index (χ2v) is 9.96. The molecule has 1 atom stereocenters. The van der Waals surface area contributed by atoms with Gasteiger partial charge in [-0.3, -0.25) is 10.1 Å². The van der Waals surface area contributed by atoms with Gasteiger partial charge in [-0.1, -0.05) is 13.8 Å². The van der Waals surface area contributed by atoms with Gasteiger partial charge < -0.3 is 15.0 Å². The van der Waals surface area contributed by atoms with Gasteiger partial charge in [0.2, 0.25) is 0 Å². The van der Waals surface area contributed by atoms with Crippen LogP contribution in [0.5, 0.6) is 0 Å². The summed E-state index contributed by atoms with van der Waals surface area (Å²) in [7, 11) is 0. The van der Waals surface area contributed by atoms with Crippen LogP contribution in [0.1, 0.15) is 46.6 Å². The molecule has 2 heterocycles. The first-order valence-electron chi connectivity index (χ1n) is 10.7. The fraction of sp³-hybridized carbons (Fsp3) is 0.545. The number of amides is 1. The minimum Gasteiger partial charge on any atom is -0.444 e. The van der Waals surface area contributed by atoms with Gasteiger partial charge in [0, 0.05) is 24.5 Å². The molecular formula is C22H30BrFN4O4S. The molecule has 8 nitrogen and oxygen atoms in total. The van der Waals surface area contributed by atoms with E-state index in [0.717, 1.165) is 11.8 Å². The number of benzene rings is 1. The molecule has 1 unspecified atom stereocenters. The van der Waals surface area contributed by atoms with E-state index in [4.69, 9.17) is 4.74 Å². The Labute approximate surface area is 205 Å². The number of anilines is 1. The zero-order valence-electron chi connectivity index (χ0n) is 19.9. The van der Waals surface area contributed by atoms with Gasteiger partial charge in [-0.05, 0) is 67.9 Å². The highest BCUT2D eigenvalue weighted by molar-refractivity contribution is 9.10.